The molecule has 0 spiro atoms. The number of benzene rings is 1. The van der Waals surface area contributed by atoms with Gasteiger partial charge in [0.2, 0.25) is 11.8 Å². The molecule has 0 atom stereocenters. The van der Waals surface area contributed by atoms with Gasteiger partial charge >= 0.3 is 0 Å². The van der Waals surface area contributed by atoms with Crippen molar-refractivity contribution < 1.29 is 9.59 Å². The number of carbonyl (C=O) groups excluding carboxylic acids is 2. The standard InChI is InChI=1S/C18H23BrN2O2/c1-11-2-9-16(15(19)10-11)21-18(23)13-5-3-12(4-6-13)17(22)20-14-7-8-14/h2,9-10,12-14H,3-8H2,1H3,(H,20,22)(H,21,23). The Morgan fingerprint density at radius 3 is 2.17 bits per heavy atom. The number of nitrogens with one attached hydrogen (secondary N) is 2. The molecule has 2 amide bonds. The first-order chi connectivity index (χ1) is 11.0. The zero-order valence-corrected chi connectivity index (χ0v) is 15.0. The number of amides is 2. The van der Waals surface area contributed by atoms with Crippen LogP contribution in [0.2, 0.25) is 0 Å². The summed E-state index contributed by atoms with van der Waals surface area (Å²) in [4.78, 5) is 24.5. The molecule has 1 aromatic rings. The van der Waals surface area contributed by atoms with Crippen molar-refractivity contribution in [1.29, 1.82) is 0 Å². The lowest BCUT2D eigenvalue weighted by molar-refractivity contribution is -0.128. The van der Waals surface area contributed by atoms with E-state index in [1.54, 1.807) is 0 Å². The molecule has 0 saturated heterocycles. The third kappa shape index (κ3) is 4.34. The van der Waals surface area contributed by atoms with Crippen molar-refractivity contribution in [2.75, 3.05) is 5.32 Å². The normalized spacial score (nSPS) is 24.1. The van der Waals surface area contributed by atoms with Crippen molar-refractivity contribution in [3.05, 3.63) is 28.2 Å². The van der Waals surface area contributed by atoms with Crippen molar-refractivity contribution >= 4 is 33.4 Å². The molecule has 0 heterocycles. The van der Waals surface area contributed by atoms with Crippen LogP contribution >= 0.6 is 15.9 Å². The van der Waals surface area contributed by atoms with Crippen LogP contribution in [-0.2, 0) is 9.59 Å². The second kappa shape index (κ2) is 7.04. The summed E-state index contributed by atoms with van der Waals surface area (Å²) in [5.41, 5.74) is 1.96. The summed E-state index contributed by atoms with van der Waals surface area (Å²) in [5.74, 6) is 0.349. The van der Waals surface area contributed by atoms with Crippen molar-refractivity contribution in [2.45, 2.75) is 51.5 Å². The van der Waals surface area contributed by atoms with Crippen LogP contribution < -0.4 is 10.6 Å². The first-order valence-electron chi connectivity index (χ1n) is 8.40. The number of rotatable bonds is 4. The van der Waals surface area contributed by atoms with E-state index in [-0.39, 0.29) is 23.7 Å². The highest BCUT2D eigenvalue weighted by Crippen LogP contribution is 2.32. The minimum atomic E-state index is 0.00757. The van der Waals surface area contributed by atoms with Crippen LogP contribution in [0.1, 0.15) is 44.1 Å². The van der Waals surface area contributed by atoms with Crippen LogP contribution in [0.25, 0.3) is 0 Å². The smallest absolute Gasteiger partial charge is 0.227 e. The van der Waals surface area contributed by atoms with E-state index in [1.165, 1.54) is 0 Å². The fourth-order valence-electron chi connectivity index (χ4n) is 3.12. The summed E-state index contributed by atoms with van der Waals surface area (Å²) in [5, 5.41) is 6.08. The SMILES string of the molecule is Cc1ccc(NC(=O)C2CCC(C(=O)NC3CC3)CC2)c(Br)c1. The molecule has 0 bridgehead atoms. The minimum Gasteiger partial charge on any atom is -0.353 e. The second-order valence-electron chi connectivity index (χ2n) is 6.80. The van der Waals surface area contributed by atoms with E-state index in [1.807, 2.05) is 25.1 Å². The van der Waals surface area contributed by atoms with Crippen molar-refractivity contribution in [2.24, 2.45) is 11.8 Å². The van der Waals surface area contributed by atoms with E-state index in [4.69, 9.17) is 0 Å². The number of hydrogen-bond acceptors (Lipinski definition) is 2. The van der Waals surface area contributed by atoms with Crippen LogP contribution in [0.3, 0.4) is 0 Å². The number of hydrogen-bond donors (Lipinski definition) is 2. The van der Waals surface area contributed by atoms with Gasteiger partial charge in [0.1, 0.15) is 0 Å². The van der Waals surface area contributed by atoms with Crippen LogP contribution in [0.5, 0.6) is 0 Å². The van der Waals surface area contributed by atoms with Crippen LogP contribution in [-0.4, -0.2) is 17.9 Å². The number of carbonyl (C=O) groups is 2. The van der Waals surface area contributed by atoms with Gasteiger partial charge in [-0.05, 0) is 79.1 Å². The summed E-state index contributed by atoms with van der Waals surface area (Å²) in [6.45, 7) is 2.02. The monoisotopic (exact) mass is 378 g/mol. The molecule has 0 aliphatic heterocycles. The molecule has 2 saturated carbocycles. The molecule has 4 nitrogen and oxygen atoms in total. The Morgan fingerprint density at radius 1 is 1.00 bits per heavy atom. The van der Waals surface area contributed by atoms with E-state index in [0.717, 1.165) is 54.2 Å². The van der Waals surface area contributed by atoms with Gasteiger partial charge in [-0.2, -0.15) is 0 Å². The molecule has 23 heavy (non-hydrogen) atoms. The molecule has 5 heteroatoms. The molecule has 1 aromatic carbocycles. The van der Waals surface area contributed by atoms with E-state index < -0.39 is 0 Å². The second-order valence-corrected chi connectivity index (χ2v) is 7.66. The predicted molar refractivity (Wildman–Crippen MR) is 94.1 cm³/mol. The summed E-state index contributed by atoms with van der Waals surface area (Å²) in [6, 6.07) is 6.32. The van der Waals surface area contributed by atoms with Crippen LogP contribution in [0.15, 0.2) is 22.7 Å². The molecule has 2 N–H and O–H groups in total. The lowest BCUT2D eigenvalue weighted by Crippen LogP contribution is -2.36. The summed E-state index contributed by atoms with van der Waals surface area (Å²) >= 11 is 3.49. The maximum atomic E-state index is 12.4. The molecular weight excluding hydrogens is 356 g/mol. The molecular formula is C18H23BrN2O2. The molecule has 3 rings (SSSR count). The highest BCUT2D eigenvalue weighted by atomic mass is 79.9. The van der Waals surface area contributed by atoms with Crippen molar-refractivity contribution in [1.82, 2.24) is 5.32 Å². The fraction of sp³-hybridized carbons (Fsp3) is 0.556. The van der Waals surface area contributed by atoms with Gasteiger partial charge in [0.25, 0.3) is 0 Å². The van der Waals surface area contributed by atoms with Gasteiger partial charge in [-0.25, -0.2) is 0 Å². The minimum absolute atomic E-state index is 0.00757. The Labute approximate surface area is 145 Å². The Bertz CT molecular complexity index is 605. The third-order valence-electron chi connectivity index (χ3n) is 4.77. The van der Waals surface area contributed by atoms with Gasteiger partial charge < -0.3 is 10.6 Å². The number of anilines is 1. The van der Waals surface area contributed by atoms with Crippen molar-refractivity contribution in [3.8, 4) is 0 Å². The summed E-state index contributed by atoms with van der Waals surface area (Å²) in [7, 11) is 0. The largest absolute Gasteiger partial charge is 0.353 e. The number of halogens is 1. The van der Waals surface area contributed by atoms with Crippen LogP contribution in [0, 0.1) is 18.8 Å². The van der Waals surface area contributed by atoms with Gasteiger partial charge in [-0.1, -0.05) is 6.07 Å². The maximum Gasteiger partial charge on any atom is 0.227 e. The highest BCUT2D eigenvalue weighted by molar-refractivity contribution is 9.10. The quantitative estimate of drug-likeness (QED) is 0.837. The van der Waals surface area contributed by atoms with E-state index in [0.29, 0.717) is 6.04 Å². The molecule has 2 aliphatic carbocycles. The zero-order chi connectivity index (χ0) is 16.4. The Kier molecular flexibility index (Phi) is 5.05. The third-order valence-corrected chi connectivity index (χ3v) is 5.43. The highest BCUT2D eigenvalue weighted by Gasteiger charge is 2.32. The molecule has 124 valence electrons. The van der Waals surface area contributed by atoms with Gasteiger partial charge in [-0.15, -0.1) is 0 Å². The van der Waals surface area contributed by atoms with E-state index in [9.17, 15) is 9.59 Å². The van der Waals surface area contributed by atoms with E-state index in [2.05, 4.69) is 26.6 Å². The Hall–Kier alpha value is -1.36. The van der Waals surface area contributed by atoms with Crippen LogP contribution in [0.4, 0.5) is 5.69 Å². The molecule has 0 radical (unpaired) electrons. The lowest BCUT2D eigenvalue weighted by Gasteiger charge is -2.27. The van der Waals surface area contributed by atoms with Crippen molar-refractivity contribution in [3.63, 3.8) is 0 Å². The lowest BCUT2D eigenvalue weighted by atomic mass is 9.81. The van der Waals surface area contributed by atoms with Gasteiger partial charge in [0, 0.05) is 22.4 Å². The first kappa shape index (κ1) is 16.5. The first-order valence-corrected chi connectivity index (χ1v) is 9.19. The van der Waals surface area contributed by atoms with Gasteiger partial charge in [0.15, 0.2) is 0 Å². The average molecular weight is 379 g/mol. The summed E-state index contributed by atoms with van der Waals surface area (Å²) in [6.07, 6.45) is 5.44. The maximum absolute atomic E-state index is 12.4. The average Bonchev–Trinajstić information content (AvgIpc) is 3.34. The summed E-state index contributed by atoms with van der Waals surface area (Å²) < 4.78 is 0.906. The Balaban J connectivity index is 1.50. The molecule has 0 aromatic heterocycles. The number of aryl methyl sites for hydroxylation is 1. The Morgan fingerprint density at radius 2 is 1.61 bits per heavy atom. The predicted octanol–water partition coefficient (Wildman–Crippen LogP) is 3.78. The molecule has 2 fully saturated rings. The van der Waals surface area contributed by atoms with Gasteiger partial charge in [-0.3, -0.25) is 9.59 Å². The topological polar surface area (TPSA) is 58.2 Å². The molecule has 0 unspecified atom stereocenters. The van der Waals surface area contributed by atoms with Gasteiger partial charge in [0.05, 0.1) is 5.69 Å². The zero-order valence-electron chi connectivity index (χ0n) is 13.4. The molecule has 2 aliphatic rings. The fourth-order valence-corrected chi connectivity index (χ4v) is 3.71. The van der Waals surface area contributed by atoms with E-state index >= 15 is 0 Å².